The lowest BCUT2D eigenvalue weighted by Gasteiger charge is -2.37. The van der Waals surface area contributed by atoms with Gasteiger partial charge in [0.2, 0.25) is 10.0 Å². The lowest BCUT2D eigenvalue weighted by atomic mass is 10.0. The van der Waals surface area contributed by atoms with Gasteiger partial charge in [0, 0.05) is 56.1 Å². The van der Waals surface area contributed by atoms with Gasteiger partial charge in [0.1, 0.15) is 5.82 Å². The number of hydrogen-bond donors (Lipinski definition) is 1. The van der Waals surface area contributed by atoms with Crippen LogP contribution in [0.3, 0.4) is 0 Å². The van der Waals surface area contributed by atoms with E-state index in [1.54, 1.807) is 19.9 Å². The first-order chi connectivity index (χ1) is 16.2. The first-order valence-electron chi connectivity index (χ1n) is 11.9. The Morgan fingerprint density at radius 1 is 1.03 bits per heavy atom. The van der Waals surface area contributed by atoms with Gasteiger partial charge in [0.15, 0.2) is 0 Å². The molecule has 1 unspecified atom stereocenters. The zero-order chi connectivity index (χ0) is 24.9. The van der Waals surface area contributed by atoms with E-state index in [4.69, 9.17) is 0 Å². The number of nitrogens with one attached hydrogen (secondary N) is 1. The predicted octanol–water partition coefficient (Wildman–Crippen LogP) is 3.49. The molecule has 2 aromatic carbocycles. The molecular weight excluding hydrogens is 455 g/mol. The van der Waals surface area contributed by atoms with Gasteiger partial charge in [-0.3, -0.25) is 4.79 Å². The van der Waals surface area contributed by atoms with Crippen molar-refractivity contribution in [2.75, 3.05) is 50.7 Å². The molecule has 9 heteroatoms. The summed E-state index contributed by atoms with van der Waals surface area (Å²) >= 11 is 0. The number of likely N-dealkylation sites (N-methyl/N-ethyl adjacent to an activating group) is 1. The van der Waals surface area contributed by atoms with E-state index in [1.165, 1.54) is 40.7 Å². The SMILES string of the molecule is CCN1CCN(c2ccc(F)cc2C(C)NC(=O)c2ccc(S(=O)(=O)N(CC)CC)cc2)CC1. The van der Waals surface area contributed by atoms with Crippen LogP contribution in [-0.4, -0.2) is 69.3 Å². The molecule has 186 valence electrons. The molecule has 1 aliphatic rings. The molecule has 1 aliphatic heterocycles. The maximum atomic E-state index is 14.1. The molecule has 1 amide bonds. The average molecular weight is 491 g/mol. The molecule has 0 aliphatic carbocycles. The third-order valence-corrected chi connectivity index (χ3v) is 8.49. The Kier molecular flexibility index (Phi) is 8.67. The molecule has 34 heavy (non-hydrogen) atoms. The number of amides is 1. The number of sulfonamides is 1. The molecule has 1 saturated heterocycles. The third kappa shape index (κ3) is 5.76. The smallest absolute Gasteiger partial charge is 0.251 e. The molecule has 0 aromatic heterocycles. The number of carbonyl (C=O) groups excluding carboxylic acids is 1. The molecule has 0 spiro atoms. The van der Waals surface area contributed by atoms with Crippen molar-refractivity contribution in [1.82, 2.24) is 14.5 Å². The second kappa shape index (κ2) is 11.3. The second-order valence-corrected chi connectivity index (χ2v) is 10.4. The predicted molar refractivity (Wildman–Crippen MR) is 133 cm³/mol. The summed E-state index contributed by atoms with van der Waals surface area (Å²) < 4.78 is 40.9. The summed E-state index contributed by atoms with van der Waals surface area (Å²) in [6.07, 6.45) is 0. The molecule has 3 rings (SSSR count). The third-order valence-electron chi connectivity index (χ3n) is 6.42. The van der Waals surface area contributed by atoms with Gasteiger partial charge in [-0.25, -0.2) is 12.8 Å². The highest BCUT2D eigenvalue weighted by Gasteiger charge is 2.24. The molecule has 0 radical (unpaired) electrons. The molecule has 0 saturated carbocycles. The zero-order valence-corrected chi connectivity index (χ0v) is 21.2. The van der Waals surface area contributed by atoms with Crippen molar-refractivity contribution in [2.45, 2.75) is 38.6 Å². The van der Waals surface area contributed by atoms with Crippen molar-refractivity contribution in [3.8, 4) is 0 Å². The van der Waals surface area contributed by atoms with E-state index in [0.717, 1.165) is 44.0 Å². The van der Waals surface area contributed by atoms with E-state index in [0.29, 0.717) is 18.7 Å². The fraction of sp³-hybridized carbons (Fsp3) is 0.480. The summed E-state index contributed by atoms with van der Waals surface area (Å²) in [4.78, 5) is 17.7. The number of anilines is 1. The highest BCUT2D eigenvalue weighted by Crippen LogP contribution is 2.29. The summed E-state index contributed by atoms with van der Waals surface area (Å²) in [5.74, 6) is -0.691. The monoisotopic (exact) mass is 490 g/mol. The van der Waals surface area contributed by atoms with E-state index in [9.17, 15) is 17.6 Å². The van der Waals surface area contributed by atoms with Crippen LogP contribution >= 0.6 is 0 Å². The quantitative estimate of drug-likeness (QED) is 0.583. The van der Waals surface area contributed by atoms with Crippen molar-refractivity contribution < 1.29 is 17.6 Å². The van der Waals surface area contributed by atoms with Crippen molar-refractivity contribution >= 4 is 21.6 Å². The number of nitrogens with zero attached hydrogens (tertiary/aromatic N) is 3. The Bertz CT molecular complexity index is 1080. The standard InChI is InChI=1S/C25H35FN4O3S/c1-5-28-14-16-29(17-15-28)24-13-10-21(26)18-23(24)19(4)27-25(31)20-8-11-22(12-9-20)34(32,33)30(6-2)7-3/h8-13,18-19H,5-7,14-17H2,1-4H3,(H,27,31). The number of benzene rings is 2. The van der Waals surface area contributed by atoms with Gasteiger partial charge in [-0.05, 0) is 55.9 Å². The van der Waals surface area contributed by atoms with Gasteiger partial charge in [0.25, 0.3) is 5.91 Å². The van der Waals surface area contributed by atoms with Gasteiger partial charge >= 0.3 is 0 Å². The van der Waals surface area contributed by atoms with E-state index < -0.39 is 16.1 Å². The van der Waals surface area contributed by atoms with Crippen LogP contribution in [0.25, 0.3) is 0 Å². The minimum absolute atomic E-state index is 0.152. The summed E-state index contributed by atoms with van der Waals surface area (Å²) in [6.45, 7) is 12.9. The summed E-state index contributed by atoms with van der Waals surface area (Å²) in [7, 11) is -3.59. The Balaban J connectivity index is 1.75. The molecule has 1 heterocycles. The summed E-state index contributed by atoms with van der Waals surface area (Å²) in [5.41, 5.74) is 1.99. The van der Waals surface area contributed by atoms with Gasteiger partial charge in [-0.15, -0.1) is 0 Å². The van der Waals surface area contributed by atoms with Crippen molar-refractivity contribution in [1.29, 1.82) is 0 Å². The first kappa shape index (κ1) is 26.1. The van der Waals surface area contributed by atoms with E-state index in [1.807, 2.05) is 6.92 Å². The van der Waals surface area contributed by atoms with Crippen LogP contribution in [0, 0.1) is 5.82 Å². The van der Waals surface area contributed by atoms with Crippen LogP contribution in [0.4, 0.5) is 10.1 Å². The summed E-state index contributed by atoms with van der Waals surface area (Å²) in [6, 6.07) is 10.2. The molecule has 7 nitrogen and oxygen atoms in total. The highest BCUT2D eigenvalue weighted by atomic mass is 32.2. The molecule has 0 bridgehead atoms. The number of piperazine rings is 1. The van der Waals surface area contributed by atoms with E-state index in [2.05, 4.69) is 22.0 Å². The van der Waals surface area contributed by atoms with Gasteiger partial charge in [-0.1, -0.05) is 20.8 Å². The van der Waals surface area contributed by atoms with Gasteiger partial charge < -0.3 is 15.1 Å². The molecule has 1 fully saturated rings. The molecule has 2 aromatic rings. The van der Waals surface area contributed by atoms with Crippen LogP contribution in [0.2, 0.25) is 0 Å². The number of rotatable bonds is 9. The van der Waals surface area contributed by atoms with E-state index in [-0.39, 0.29) is 16.6 Å². The Morgan fingerprint density at radius 2 is 1.65 bits per heavy atom. The van der Waals surface area contributed by atoms with Crippen LogP contribution < -0.4 is 10.2 Å². The molecule has 1 atom stereocenters. The second-order valence-electron chi connectivity index (χ2n) is 8.43. The maximum Gasteiger partial charge on any atom is 0.251 e. The van der Waals surface area contributed by atoms with Crippen LogP contribution in [0.5, 0.6) is 0 Å². The minimum atomic E-state index is -3.59. The van der Waals surface area contributed by atoms with Crippen molar-refractivity contribution in [3.63, 3.8) is 0 Å². The highest BCUT2D eigenvalue weighted by molar-refractivity contribution is 7.89. The fourth-order valence-electron chi connectivity index (χ4n) is 4.31. The fourth-order valence-corrected chi connectivity index (χ4v) is 5.77. The summed E-state index contributed by atoms with van der Waals surface area (Å²) in [5, 5.41) is 2.94. The van der Waals surface area contributed by atoms with Crippen molar-refractivity contribution in [3.05, 3.63) is 59.4 Å². The Labute approximate surface area is 202 Å². The Morgan fingerprint density at radius 3 is 2.21 bits per heavy atom. The number of hydrogen-bond acceptors (Lipinski definition) is 5. The normalized spacial score (nSPS) is 16.0. The minimum Gasteiger partial charge on any atom is -0.369 e. The molecular formula is C25H35FN4O3S. The average Bonchev–Trinajstić information content (AvgIpc) is 2.84. The van der Waals surface area contributed by atoms with Gasteiger partial charge in [0.05, 0.1) is 10.9 Å². The topological polar surface area (TPSA) is 73.0 Å². The maximum absolute atomic E-state index is 14.1. The molecule has 1 N–H and O–H groups in total. The van der Waals surface area contributed by atoms with Gasteiger partial charge in [-0.2, -0.15) is 4.31 Å². The lowest BCUT2D eigenvalue weighted by molar-refractivity contribution is 0.0939. The number of halogens is 1. The zero-order valence-electron chi connectivity index (χ0n) is 20.4. The lowest BCUT2D eigenvalue weighted by Crippen LogP contribution is -2.46. The van der Waals surface area contributed by atoms with E-state index >= 15 is 0 Å². The Hall–Kier alpha value is -2.49. The van der Waals surface area contributed by atoms with Crippen LogP contribution in [0.15, 0.2) is 47.4 Å². The van der Waals surface area contributed by atoms with Crippen LogP contribution in [-0.2, 0) is 10.0 Å². The number of carbonyl (C=O) groups is 1. The van der Waals surface area contributed by atoms with Crippen molar-refractivity contribution in [2.24, 2.45) is 0 Å². The first-order valence-corrected chi connectivity index (χ1v) is 13.3. The van der Waals surface area contributed by atoms with Crippen LogP contribution in [0.1, 0.15) is 49.7 Å². The largest absolute Gasteiger partial charge is 0.369 e.